The highest BCUT2D eigenvalue weighted by molar-refractivity contribution is 6.06. The summed E-state index contributed by atoms with van der Waals surface area (Å²) < 4.78 is 0. The molecule has 1 aromatic carbocycles. The van der Waals surface area contributed by atoms with E-state index in [0.717, 1.165) is 17.8 Å². The molecule has 0 atom stereocenters. The van der Waals surface area contributed by atoms with Crippen LogP contribution in [0, 0.1) is 6.92 Å². The van der Waals surface area contributed by atoms with E-state index < -0.39 is 5.54 Å². The van der Waals surface area contributed by atoms with Crippen molar-refractivity contribution in [1.29, 1.82) is 0 Å². The maximum Gasteiger partial charge on any atom is 0.251 e. The molecule has 0 spiro atoms. The van der Waals surface area contributed by atoms with Gasteiger partial charge in [0.25, 0.3) is 5.91 Å². The molecule has 2 rings (SSSR count). The van der Waals surface area contributed by atoms with Crippen molar-refractivity contribution < 1.29 is 9.59 Å². The number of benzene rings is 1. The van der Waals surface area contributed by atoms with E-state index in [1.165, 1.54) is 5.56 Å². The Hall–Kier alpha value is -1.88. The van der Waals surface area contributed by atoms with Crippen molar-refractivity contribution in [3.8, 4) is 0 Å². The molecule has 0 aliphatic carbocycles. The summed E-state index contributed by atoms with van der Waals surface area (Å²) in [6.45, 7) is 6.69. The number of anilines is 1. The normalized spacial score (nSPS) is 18.1. The topological polar surface area (TPSA) is 61.4 Å². The van der Waals surface area contributed by atoms with Crippen LogP contribution in [0.25, 0.3) is 0 Å². The Labute approximate surface area is 119 Å². The summed E-state index contributed by atoms with van der Waals surface area (Å²) in [5.74, 6) is -0.517. The van der Waals surface area contributed by atoms with Gasteiger partial charge in [-0.3, -0.25) is 14.9 Å². The van der Waals surface area contributed by atoms with Crippen LogP contribution in [0.4, 0.5) is 5.69 Å². The third kappa shape index (κ3) is 2.54. The SMILES string of the molecule is CNCc1ccc(N2CC(=O)NC(=O)C2(C)C)cc1C. The lowest BCUT2D eigenvalue weighted by molar-refractivity contribution is -0.135. The van der Waals surface area contributed by atoms with E-state index in [1.807, 2.05) is 50.9 Å². The zero-order valence-electron chi connectivity index (χ0n) is 12.4. The molecule has 0 radical (unpaired) electrons. The van der Waals surface area contributed by atoms with Gasteiger partial charge in [0.2, 0.25) is 5.91 Å². The van der Waals surface area contributed by atoms with Crippen LogP contribution in [0.5, 0.6) is 0 Å². The molecule has 20 heavy (non-hydrogen) atoms. The maximum absolute atomic E-state index is 12.0. The number of hydrogen-bond acceptors (Lipinski definition) is 4. The van der Waals surface area contributed by atoms with Gasteiger partial charge < -0.3 is 10.2 Å². The summed E-state index contributed by atoms with van der Waals surface area (Å²) in [5.41, 5.74) is 2.52. The highest BCUT2D eigenvalue weighted by Gasteiger charge is 2.40. The molecule has 1 aliphatic heterocycles. The predicted molar refractivity (Wildman–Crippen MR) is 78.5 cm³/mol. The minimum Gasteiger partial charge on any atom is -0.348 e. The number of amides is 2. The van der Waals surface area contributed by atoms with Gasteiger partial charge in [-0.25, -0.2) is 0 Å². The Morgan fingerprint density at radius 3 is 2.65 bits per heavy atom. The Balaban J connectivity index is 2.36. The second kappa shape index (κ2) is 5.25. The molecule has 5 heteroatoms. The molecule has 108 valence electrons. The first-order chi connectivity index (χ1) is 9.36. The number of nitrogens with one attached hydrogen (secondary N) is 2. The molecule has 1 aliphatic rings. The summed E-state index contributed by atoms with van der Waals surface area (Å²) in [5, 5.41) is 5.51. The number of nitrogens with zero attached hydrogens (tertiary/aromatic N) is 1. The van der Waals surface area contributed by atoms with Crippen molar-refractivity contribution in [2.75, 3.05) is 18.5 Å². The van der Waals surface area contributed by atoms with E-state index in [1.54, 1.807) is 0 Å². The van der Waals surface area contributed by atoms with Crippen molar-refractivity contribution in [3.05, 3.63) is 29.3 Å². The van der Waals surface area contributed by atoms with Gasteiger partial charge in [0.15, 0.2) is 0 Å². The number of imide groups is 1. The lowest BCUT2D eigenvalue weighted by atomic mass is 9.96. The predicted octanol–water partition coefficient (Wildman–Crippen LogP) is 0.956. The van der Waals surface area contributed by atoms with Gasteiger partial charge in [-0.2, -0.15) is 0 Å². The van der Waals surface area contributed by atoms with E-state index in [0.29, 0.717) is 0 Å². The number of hydrogen-bond donors (Lipinski definition) is 2. The number of rotatable bonds is 3. The molecule has 1 fully saturated rings. The Kier molecular flexibility index (Phi) is 3.81. The van der Waals surface area contributed by atoms with E-state index in [-0.39, 0.29) is 18.4 Å². The van der Waals surface area contributed by atoms with E-state index in [4.69, 9.17) is 0 Å². The van der Waals surface area contributed by atoms with Crippen LogP contribution >= 0.6 is 0 Å². The second-order valence-corrected chi connectivity index (χ2v) is 5.66. The summed E-state index contributed by atoms with van der Waals surface area (Å²) in [7, 11) is 1.91. The summed E-state index contributed by atoms with van der Waals surface area (Å²) in [6, 6.07) is 6.03. The molecule has 5 nitrogen and oxygen atoms in total. The molecule has 0 unspecified atom stereocenters. The fourth-order valence-electron chi connectivity index (χ4n) is 2.43. The average Bonchev–Trinajstić information content (AvgIpc) is 2.37. The van der Waals surface area contributed by atoms with Crippen LogP contribution in [0.1, 0.15) is 25.0 Å². The van der Waals surface area contributed by atoms with Crippen molar-refractivity contribution in [2.45, 2.75) is 32.9 Å². The zero-order valence-corrected chi connectivity index (χ0v) is 12.4. The van der Waals surface area contributed by atoms with Gasteiger partial charge in [-0.15, -0.1) is 0 Å². The first-order valence-corrected chi connectivity index (χ1v) is 6.72. The van der Waals surface area contributed by atoms with Crippen molar-refractivity contribution in [1.82, 2.24) is 10.6 Å². The molecule has 1 heterocycles. The fraction of sp³-hybridized carbons (Fsp3) is 0.467. The minimum absolute atomic E-state index is 0.198. The van der Waals surface area contributed by atoms with Crippen LogP contribution in [-0.2, 0) is 16.1 Å². The van der Waals surface area contributed by atoms with Crippen LogP contribution in [0.2, 0.25) is 0 Å². The zero-order chi connectivity index (χ0) is 14.9. The second-order valence-electron chi connectivity index (χ2n) is 5.66. The molecule has 1 saturated heterocycles. The maximum atomic E-state index is 12.0. The highest BCUT2D eigenvalue weighted by Crippen LogP contribution is 2.28. The Bertz CT molecular complexity index is 552. The van der Waals surface area contributed by atoms with Crippen LogP contribution in [0.15, 0.2) is 18.2 Å². The first kappa shape index (κ1) is 14.5. The minimum atomic E-state index is -0.731. The lowest BCUT2D eigenvalue weighted by Crippen LogP contribution is -2.64. The molecular weight excluding hydrogens is 254 g/mol. The summed E-state index contributed by atoms with van der Waals surface area (Å²) >= 11 is 0. The number of piperazine rings is 1. The third-order valence-electron chi connectivity index (χ3n) is 3.79. The van der Waals surface area contributed by atoms with Gasteiger partial charge in [-0.1, -0.05) is 6.07 Å². The Morgan fingerprint density at radius 2 is 2.05 bits per heavy atom. The largest absolute Gasteiger partial charge is 0.348 e. The van der Waals surface area contributed by atoms with Crippen LogP contribution < -0.4 is 15.5 Å². The van der Waals surface area contributed by atoms with Crippen LogP contribution in [0.3, 0.4) is 0 Å². The molecule has 0 aromatic heterocycles. The van der Waals surface area contributed by atoms with E-state index in [2.05, 4.69) is 10.6 Å². The first-order valence-electron chi connectivity index (χ1n) is 6.72. The van der Waals surface area contributed by atoms with Gasteiger partial charge >= 0.3 is 0 Å². The molecule has 0 bridgehead atoms. The molecular formula is C15H21N3O2. The standard InChI is InChI=1S/C15H21N3O2/c1-10-7-12(6-5-11(10)8-16-4)18-9-13(19)17-14(20)15(18,2)3/h5-7,16H,8-9H2,1-4H3,(H,17,19,20). The highest BCUT2D eigenvalue weighted by atomic mass is 16.2. The average molecular weight is 275 g/mol. The smallest absolute Gasteiger partial charge is 0.251 e. The third-order valence-corrected chi connectivity index (χ3v) is 3.79. The monoisotopic (exact) mass is 275 g/mol. The summed E-state index contributed by atoms with van der Waals surface area (Å²) in [4.78, 5) is 25.4. The van der Waals surface area contributed by atoms with Crippen molar-refractivity contribution in [3.63, 3.8) is 0 Å². The molecule has 2 amide bonds. The van der Waals surface area contributed by atoms with Gasteiger partial charge in [0.05, 0.1) is 6.54 Å². The van der Waals surface area contributed by atoms with Gasteiger partial charge in [0, 0.05) is 12.2 Å². The van der Waals surface area contributed by atoms with Crippen molar-refractivity contribution >= 4 is 17.5 Å². The molecule has 2 N–H and O–H groups in total. The number of carbonyl (C=O) groups excluding carboxylic acids is 2. The van der Waals surface area contributed by atoms with Crippen LogP contribution in [-0.4, -0.2) is 30.9 Å². The van der Waals surface area contributed by atoms with Crippen molar-refractivity contribution in [2.24, 2.45) is 0 Å². The summed E-state index contributed by atoms with van der Waals surface area (Å²) in [6.07, 6.45) is 0. The fourth-order valence-corrected chi connectivity index (χ4v) is 2.43. The molecule has 1 aromatic rings. The Morgan fingerprint density at radius 1 is 1.35 bits per heavy atom. The van der Waals surface area contributed by atoms with E-state index in [9.17, 15) is 9.59 Å². The molecule has 0 saturated carbocycles. The van der Waals surface area contributed by atoms with Gasteiger partial charge in [0.1, 0.15) is 5.54 Å². The van der Waals surface area contributed by atoms with Gasteiger partial charge in [-0.05, 0) is 51.1 Å². The van der Waals surface area contributed by atoms with E-state index >= 15 is 0 Å². The quantitative estimate of drug-likeness (QED) is 0.807. The number of aryl methyl sites for hydroxylation is 1. The number of carbonyl (C=O) groups is 2. The lowest BCUT2D eigenvalue weighted by Gasteiger charge is -2.42.